The van der Waals surface area contributed by atoms with Crippen LogP contribution in [0.2, 0.25) is 0 Å². The van der Waals surface area contributed by atoms with E-state index in [1.165, 1.54) is 0 Å². The first kappa shape index (κ1) is 17.0. The molecule has 4 aromatic rings. The number of benzene rings is 1. The maximum absolute atomic E-state index is 13.0. The average Bonchev–Trinajstić information content (AvgIpc) is 3.35. The van der Waals surface area contributed by atoms with Gasteiger partial charge in [-0.25, -0.2) is 13.1 Å². The Hall–Kier alpha value is -3.11. The van der Waals surface area contributed by atoms with Crippen LogP contribution in [0.1, 0.15) is 6.42 Å². The summed E-state index contributed by atoms with van der Waals surface area (Å²) in [6, 6.07) is 12.3. The fraction of sp³-hybridized carbons (Fsp3) is 0.222. The van der Waals surface area contributed by atoms with Crippen molar-refractivity contribution in [1.82, 2.24) is 29.5 Å². The smallest absolute Gasteiger partial charge is 0.243 e. The van der Waals surface area contributed by atoms with E-state index in [-0.39, 0.29) is 10.9 Å². The van der Waals surface area contributed by atoms with Gasteiger partial charge in [0.05, 0.1) is 5.52 Å². The molecule has 0 saturated carbocycles. The highest BCUT2D eigenvalue weighted by Gasteiger charge is 2.29. The van der Waals surface area contributed by atoms with E-state index in [1.807, 2.05) is 29.2 Å². The van der Waals surface area contributed by atoms with Crippen molar-refractivity contribution in [3.8, 4) is 0 Å². The zero-order valence-electron chi connectivity index (χ0n) is 14.8. The number of nitrogens with zero attached hydrogens (tertiary/aromatic N) is 6. The number of fused-ring (bicyclic) bond motifs is 2. The fourth-order valence-corrected chi connectivity index (χ4v) is 4.97. The minimum atomic E-state index is -3.69. The molecule has 28 heavy (non-hydrogen) atoms. The molecule has 0 aliphatic carbocycles. The van der Waals surface area contributed by atoms with E-state index in [2.05, 4.69) is 25.0 Å². The van der Waals surface area contributed by atoms with E-state index in [1.54, 1.807) is 35.2 Å². The molecule has 9 nitrogen and oxygen atoms in total. The van der Waals surface area contributed by atoms with Crippen LogP contribution < -0.4 is 9.62 Å². The zero-order chi connectivity index (χ0) is 19.1. The number of hydrogen-bond acceptors (Lipinski definition) is 7. The van der Waals surface area contributed by atoms with E-state index in [0.717, 1.165) is 11.2 Å². The maximum Gasteiger partial charge on any atom is 0.243 e. The van der Waals surface area contributed by atoms with Crippen molar-refractivity contribution < 1.29 is 8.42 Å². The van der Waals surface area contributed by atoms with Gasteiger partial charge in [-0.2, -0.15) is 4.52 Å². The molecule has 1 fully saturated rings. The minimum Gasteiger partial charge on any atom is -0.354 e. The second kappa shape index (κ2) is 6.50. The first-order valence-electron chi connectivity index (χ1n) is 8.88. The third kappa shape index (κ3) is 2.96. The predicted octanol–water partition coefficient (Wildman–Crippen LogP) is 1.23. The monoisotopic (exact) mass is 395 g/mol. The number of pyridine rings is 1. The summed E-state index contributed by atoms with van der Waals surface area (Å²) in [5, 5.41) is 13.0. The Labute approximate surface area is 161 Å². The molecule has 0 amide bonds. The van der Waals surface area contributed by atoms with Crippen molar-refractivity contribution in [2.45, 2.75) is 17.4 Å². The van der Waals surface area contributed by atoms with Crippen LogP contribution in [0.25, 0.3) is 16.6 Å². The molecule has 10 heteroatoms. The molecule has 3 aromatic heterocycles. The highest BCUT2D eigenvalue weighted by atomic mass is 32.2. The van der Waals surface area contributed by atoms with Gasteiger partial charge in [0, 0.05) is 30.7 Å². The van der Waals surface area contributed by atoms with Crippen LogP contribution in [-0.2, 0) is 10.0 Å². The summed E-state index contributed by atoms with van der Waals surface area (Å²) in [5.74, 6) is 0.765. The lowest BCUT2D eigenvalue weighted by molar-refractivity contribution is 0.562. The summed E-state index contributed by atoms with van der Waals surface area (Å²) >= 11 is 0. The summed E-state index contributed by atoms with van der Waals surface area (Å²) in [7, 11) is -3.69. The topological polar surface area (TPSA) is 105 Å². The number of anilines is 1. The molecule has 4 heterocycles. The number of para-hydroxylation sites is 1. The van der Waals surface area contributed by atoms with Crippen LogP contribution in [-0.4, -0.2) is 52.3 Å². The normalized spacial score (nSPS) is 17.6. The van der Waals surface area contributed by atoms with Crippen molar-refractivity contribution in [1.29, 1.82) is 0 Å². The minimum absolute atomic E-state index is 0.202. The van der Waals surface area contributed by atoms with Gasteiger partial charge in [-0.15, -0.1) is 15.3 Å². The average molecular weight is 395 g/mol. The Bertz CT molecular complexity index is 1270. The van der Waals surface area contributed by atoms with Crippen LogP contribution in [0.3, 0.4) is 0 Å². The zero-order valence-corrected chi connectivity index (χ0v) is 15.6. The first-order valence-corrected chi connectivity index (χ1v) is 10.4. The Kier molecular flexibility index (Phi) is 3.95. The van der Waals surface area contributed by atoms with E-state index in [0.29, 0.717) is 30.7 Å². The molecule has 1 aliphatic rings. The molecule has 1 aliphatic heterocycles. The maximum atomic E-state index is 13.0. The lowest BCUT2D eigenvalue weighted by atomic mass is 10.2. The standard InChI is InChI=1S/C18H17N7O2S/c26-28(27,15-5-1-3-13-4-2-9-19-18(13)15)23-14-8-10-24(11-14)17-7-6-16-21-20-12-25(16)22-17/h1-7,9,12,14,23H,8,10-11H2. The molecule has 0 spiro atoms. The van der Waals surface area contributed by atoms with Crippen molar-refractivity contribution in [3.63, 3.8) is 0 Å². The quantitative estimate of drug-likeness (QED) is 0.554. The van der Waals surface area contributed by atoms with Gasteiger partial charge in [-0.1, -0.05) is 18.2 Å². The van der Waals surface area contributed by atoms with Gasteiger partial charge in [-0.3, -0.25) is 4.98 Å². The molecule has 0 bridgehead atoms. The summed E-state index contributed by atoms with van der Waals surface area (Å²) in [6.07, 6.45) is 3.84. The van der Waals surface area contributed by atoms with Crippen molar-refractivity contribution >= 4 is 32.4 Å². The SMILES string of the molecule is O=S(=O)(NC1CCN(c2ccc3nncn3n2)C1)c1cccc2cccnc12. The molecule has 0 radical (unpaired) electrons. The lowest BCUT2D eigenvalue weighted by Gasteiger charge is -2.18. The van der Waals surface area contributed by atoms with Gasteiger partial charge in [0.1, 0.15) is 17.0 Å². The molecule has 142 valence electrons. The van der Waals surface area contributed by atoms with Crippen LogP contribution in [0.5, 0.6) is 0 Å². The molecule has 1 aromatic carbocycles. The number of nitrogens with one attached hydrogen (secondary N) is 1. The van der Waals surface area contributed by atoms with Crippen LogP contribution in [0, 0.1) is 0 Å². The van der Waals surface area contributed by atoms with Gasteiger partial charge >= 0.3 is 0 Å². The fourth-order valence-electron chi connectivity index (χ4n) is 3.53. The second-order valence-corrected chi connectivity index (χ2v) is 8.39. The molecular weight excluding hydrogens is 378 g/mol. The van der Waals surface area contributed by atoms with Gasteiger partial charge in [0.2, 0.25) is 10.0 Å². The molecule has 1 atom stereocenters. The lowest BCUT2D eigenvalue weighted by Crippen LogP contribution is -2.37. The molecule has 5 rings (SSSR count). The number of aromatic nitrogens is 5. The van der Waals surface area contributed by atoms with Crippen LogP contribution in [0.4, 0.5) is 5.82 Å². The van der Waals surface area contributed by atoms with Gasteiger partial charge in [0.15, 0.2) is 5.65 Å². The highest BCUT2D eigenvalue weighted by Crippen LogP contribution is 2.23. The van der Waals surface area contributed by atoms with Crippen LogP contribution >= 0.6 is 0 Å². The van der Waals surface area contributed by atoms with Gasteiger partial charge in [-0.05, 0) is 30.7 Å². The van der Waals surface area contributed by atoms with Crippen LogP contribution in [0.15, 0.2) is 59.9 Å². The van der Waals surface area contributed by atoms with E-state index in [9.17, 15) is 8.42 Å². The Balaban J connectivity index is 1.37. The Morgan fingerprint density at radius 2 is 2.00 bits per heavy atom. The third-order valence-electron chi connectivity index (χ3n) is 4.87. The van der Waals surface area contributed by atoms with Crippen molar-refractivity contribution in [2.24, 2.45) is 0 Å². The first-order chi connectivity index (χ1) is 13.6. The third-order valence-corrected chi connectivity index (χ3v) is 6.42. The Morgan fingerprint density at radius 3 is 2.93 bits per heavy atom. The summed E-state index contributed by atoms with van der Waals surface area (Å²) in [4.78, 5) is 6.51. The van der Waals surface area contributed by atoms with E-state index >= 15 is 0 Å². The van der Waals surface area contributed by atoms with Crippen molar-refractivity contribution in [2.75, 3.05) is 18.0 Å². The predicted molar refractivity (Wildman–Crippen MR) is 103 cm³/mol. The molecule has 1 unspecified atom stereocenters. The summed E-state index contributed by atoms with van der Waals surface area (Å²) in [6.45, 7) is 1.25. The van der Waals surface area contributed by atoms with Crippen molar-refractivity contribution in [3.05, 3.63) is 55.0 Å². The van der Waals surface area contributed by atoms with E-state index in [4.69, 9.17) is 0 Å². The molecular formula is C18H17N7O2S. The molecule has 1 N–H and O–H groups in total. The number of rotatable bonds is 4. The summed E-state index contributed by atoms with van der Waals surface area (Å²) in [5.41, 5.74) is 1.15. The number of sulfonamides is 1. The van der Waals surface area contributed by atoms with Gasteiger partial charge < -0.3 is 4.90 Å². The number of hydrogen-bond donors (Lipinski definition) is 1. The second-order valence-electron chi connectivity index (χ2n) is 6.71. The van der Waals surface area contributed by atoms with E-state index < -0.39 is 10.0 Å². The Morgan fingerprint density at radius 1 is 1.11 bits per heavy atom. The molecule has 1 saturated heterocycles. The van der Waals surface area contributed by atoms with Gasteiger partial charge in [0.25, 0.3) is 0 Å². The summed E-state index contributed by atoms with van der Waals surface area (Å²) < 4.78 is 30.4. The highest BCUT2D eigenvalue weighted by molar-refractivity contribution is 7.89. The largest absolute Gasteiger partial charge is 0.354 e.